The van der Waals surface area contributed by atoms with Gasteiger partial charge in [0.05, 0.1) is 6.54 Å². The first-order valence-electron chi connectivity index (χ1n) is 8.11. The van der Waals surface area contributed by atoms with Gasteiger partial charge in [0, 0.05) is 18.8 Å². The summed E-state index contributed by atoms with van der Waals surface area (Å²) in [6.07, 6.45) is 2.32. The molecule has 1 atom stereocenters. The smallest absolute Gasteiger partial charge is 0.267 e. The molecule has 1 aromatic carbocycles. The lowest BCUT2D eigenvalue weighted by Crippen LogP contribution is -2.44. The molecule has 1 aliphatic rings. The largest absolute Gasteiger partial charge is 0.488 e. The molecule has 8 heteroatoms. The van der Waals surface area contributed by atoms with Gasteiger partial charge in [-0.3, -0.25) is 14.6 Å². The molecule has 0 aliphatic carbocycles. The Bertz CT molecular complexity index is 824. The number of carbonyl (C=O) groups is 2. The molecule has 1 saturated heterocycles. The van der Waals surface area contributed by atoms with E-state index in [1.165, 1.54) is 23.2 Å². The summed E-state index contributed by atoms with van der Waals surface area (Å²) in [5.74, 6) is -2.77. The maximum absolute atomic E-state index is 13.9. The molecule has 2 N–H and O–H groups in total. The second kappa shape index (κ2) is 7.47. The Morgan fingerprint density at radius 2 is 1.96 bits per heavy atom. The van der Waals surface area contributed by atoms with Gasteiger partial charge in [-0.15, -0.1) is 0 Å². The zero-order valence-corrected chi connectivity index (χ0v) is 13.8. The number of hydrogen-bond donors (Lipinski definition) is 1. The number of hydrogen-bond acceptors (Lipinski definition) is 4. The van der Waals surface area contributed by atoms with E-state index in [4.69, 9.17) is 10.5 Å². The van der Waals surface area contributed by atoms with Crippen molar-refractivity contribution < 1.29 is 23.1 Å². The standard InChI is InChI=1S/C18H17F2N3O3/c19-13-4-1-5-14(20)16(13)18(25)23-8-2-3-12(10-23)26-11-6-7-22-15(9-11)17(21)24/h1,4-7,9,12H,2-3,8,10H2,(H2,21,24). The minimum atomic E-state index is -0.890. The molecule has 2 amide bonds. The molecular formula is C18H17F2N3O3. The van der Waals surface area contributed by atoms with Crippen molar-refractivity contribution in [1.29, 1.82) is 0 Å². The van der Waals surface area contributed by atoms with Crippen LogP contribution >= 0.6 is 0 Å². The lowest BCUT2D eigenvalue weighted by Gasteiger charge is -2.33. The van der Waals surface area contributed by atoms with E-state index in [2.05, 4.69) is 4.98 Å². The molecule has 136 valence electrons. The van der Waals surface area contributed by atoms with Crippen molar-refractivity contribution >= 4 is 11.8 Å². The Morgan fingerprint density at radius 1 is 1.23 bits per heavy atom. The van der Waals surface area contributed by atoms with Gasteiger partial charge in [0.2, 0.25) is 0 Å². The Balaban J connectivity index is 1.72. The summed E-state index contributed by atoms with van der Waals surface area (Å²) in [6, 6.07) is 6.31. The monoisotopic (exact) mass is 361 g/mol. The number of carbonyl (C=O) groups excluding carboxylic acids is 2. The molecule has 6 nitrogen and oxygen atoms in total. The van der Waals surface area contributed by atoms with Crippen LogP contribution in [0.4, 0.5) is 8.78 Å². The van der Waals surface area contributed by atoms with E-state index in [-0.39, 0.29) is 18.3 Å². The molecule has 0 spiro atoms. The van der Waals surface area contributed by atoms with Crippen molar-refractivity contribution in [2.45, 2.75) is 18.9 Å². The summed E-state index contributed by atoms with van der Waals surface area (Å²) in [4.78, 5) is 28.9. The first-order chi connectivity index (χ1) is 12.5. The third kappa shape index (κ3) is 3.79. The summed E-state index contributed by atoms with van der Waals surface area (Å²) in [5.41, 5.74) is 4.70. The topological polar surface area (TPSA) is 85.5 Å². The number of nitrogens with zero attached hydrogens (tertiary/aromatic N) is 2. The first kappa shape index (κ1) is 17.8. The van der Waals surface area contributed by atoms with Crippen LogP contribution in [0.5, 0.6) is 5.75 Å². The number of primary amides is 1. The highest BCUT2D eigenvalue weighted by Crippen LogP contribution is 2.22. The average Bonchev–Trinajstić information content (AvgIpc) is 2.62. The summed E-state index contributed by atoms with van der Waals surface area (Å²) < 4.78 is 33.5. The highest BCUT2D eigenvalue weighted by molar-refractivity contribution is 5.95. The minimum absolute atomic E-state index is 0.0691. The number of aromatic nitrogens is 1. The van der Waals surface area contributed by atoms with Crippen LogP contribution in [0.15, 0.2) is 36.5 Å². The number of pyridine rings is 1. The predicted octanol–water partition coefficient (Wildman–Crippen LogP) is 2.14. The van der Waals surface area contributed by atoms with Crippen LogP contribution in [0.3, 0.4) is 0 Å². The molecule has 0 radical (unpaired) electrons. The number of piperidine rings is 1. The van der Waals surface area contributed by atoms with Crippen LogP contribution in [-0.4, -0.2) is 40.9 Å². The summed E-state index contributed by atoms with van der Waals surface area (Å²) in [6.45, 7) is 0.566. The molecule has 0 bridgehead atoms. The van der Waals surface area contributed by atoms with Gasteiger partial charge in [0.15, 0.2) is 0 Å². The van der Waals surface area contributed by atoms with E-state index in [1.807, 2.05) is 0 Å². The zero-order chi connectivity index (χ0) is 18.7. The second-order valence-electron chi connectivity index (χ2n) is 5.97. The fraction of sp³-hybridized carbons (Fsp3) is 0.278. The van der Waals surface area contributed by atoms with Crippen LogP contribution in [0, 0.1) is 11.6 Å². The van der Waals surface area contributed by atoms with Gasteiger partial charge < -0.3 is 15.4 Å². The van der Waals surface area contributed by atoms with Gasteiger partial charge in [-0.25, -0.2) is 8.78 Å². The highest BCUT2D eigenvalue weighted by Gasteiger charge is 2.29. The fourth-order valence-electron chi connectivity index (χ4n) is 2.89. The van der Waals surface area contributed by atoms with Crippen LogP contribution in [0.2, 0.25) is 0 Å². The first-order valence-corrected chi connectivity index (χ1v) is 8.11. The molecule has 2 heterocycles. The van der Waals surface area contributed by atoms with Crippen molar-refractivity contribution in [1.82, 2.24) is 9.88 Å². The molecule has 0 saturated carbocycles. The van der Waals surface area contributed by atoms with Crippen molar-refractivity contribution in [3.8, 4) is 5.75 Å². The Hall–Kier alpha value is -3.03. The number of halogens is 2. The van der Waals surface area contributed by atoms with E-state index in [1.54, 1.807) is 6.07 Å². The lowest BCUT2D eigenvalue weighted by atomic mass is 10.1. The number of rotatable bonds is 4. The Morgan fingerprint density at radius 3 is 2.65 bits per heavy atom. The fourth-order valence-corrected chi connectivity index (χ4v) is 2.89. The van der Waals surface area contributed by atoms with Crippen molar-refractivity contribution in [2.24, 2.45) is 5.73 Å². The normalized spacial score (nSPS) is 17.0. The molecule has 3 rings (SSSR count). The van der Waals surface area contributed by atoms with Crippen LogP contribution in [0.25, 0.3) is 0 Å². The van der Waals surface area contributed by atoms with Crippen molar-refractivity contribution in [2.75, 3.05) is 13.1 Å². The number of benzene rings is 1. The number of nitrogens with two attached hydrogens (primary N) is 1. The van der Waals surface area contributed by atoms with Crippen molar-refractivity contribution in [3.05, 3.63) is 59.4 Å². The van der Waals surface area contributed by atoms with Gasteiger partial charge in [-0.2, -0.15) is 0 Å². The minimum Gasteiger partial charge on any atom is -0.488 e. The van der Waals surface area contributed by atoms with Crippen LogP contribution in [-0.2, 0) is 0 Å². The third-order valence-corrected chi connectivity index (χ3v) is 4.13. The summed E-state index contributed by atoms with van der Waals surface area (Å²) in [7, 11) is 0. The van der Waals surface area contributed by atoms with Crippen LogP contribution < -0.4 is 10.5 Å². The SMILES string of the molecule is NC(=O)c1cc(OC2CCCN(C(=O)c3c(F)cccc3F)C2)ccn1. The Labute approximate surface area is 148 Å². The zero-order valence-electron chi connectivity index (χ0n) is 13.8. The number of likely N-dealkylation sites (tertiary alicyclic amines) is 1. The average molecular weight is 361 g/mol. The van der Waals surface area contributed by atoms with E-state index < -0.39 is 29.0 Å². The van der Waals surface area contributed by atoms with E-state index >= 15 is 0 Å². The maximum Gasteiger partial charge on any atom is 0.267 e. The van der Waals surface area contributed by atoms with E-state index in [0.29, 0.717) is 25.1 Å². The molecule has 26 heavy (non-hydrogen) atoms. The second-order valence-corrected chi connectivity index (χ2v) is 5.97. The highest BCUT2D eigenvalue weighted by atomic mass is 19.1. The number of ether oxygens (including phenoxy) is 1. The molecule has 1 fully saturated rings. The molecular weight excluding hydrogens is 344 g/mol. The molecule has 1 aromatic heterocycles. The van der Waals surface area contributed by atoms with E-state index in [0.717, 1.165) is 12.1 Å². The Kier molecular flexibility index (Phi) is 5.11. The third-order valence-electron chi connectivity index (χ3n) is 4.13. The molecule has 2 aromatic rings. The summed E-state index contributed by atoms with van der Waals surface area (Å²) in [5, 5.41) is 0. The number of amides is 2. The molecule has 1 aliphatic heterocycles. The van der Waals surface area contributed by atoms with Gasteiger partial charge in [0.1, 0.15) is 34.7 Å². The molecule has 1 unspecified atom stereocenters. The quantitative estimate of drug-likeness (QED) is 0.904. The predicted molar refractivity (Wildman–Crippen MR) is 88.7 cm³/mol. The van der Waals surface area contributed by atoms with Crippen LogP contribution in [0.1, 0.15) is 33.7 Å². The van der Waals surface area contributed by atoms with E-state index in [9.17, 15) is 18.4 Å². The summed E-state index contributed by atoms with van der Waals surface area (Å²) >= 11 is 0. The van der Waals surface area contributed by atoms with Gasteiger partial charge in [0.25, 0.3) is 11.8 Å². The van der Waals surface area contributed by atoms with Gasteiger partial charge in [-0.05, 0) is 31.0 Å². The maximum atomic E-state index is 13.9. The van der Waals surface area contributed by atoms with Crippen molar-refractivity contribution in [3.63, 3.8) is 0 Å². The van der Waals surface area contributed by atoms with Gasteiger partial charge >= 0.3 is 0 Å². The lowest BCUT2D eigenvalue weighted by molar-refractivity contribution is 0.0529. The van der Waals surface area contributed by atoms with Gasteiger partial charge in [-0.1, -0.05) is 6.07 Å².